The zero-order valence-electron chi connectivity index (χ0n) is 57.7. The summed E-state index contributed by atoms with van der Waals surface area (Å²) in [4.78, 5) is 72.2. The van der Waals surface area contributed by atoms with E-state index in [4.69, 9.17) is 37.0 Å². The molecule has 0 saturated heterocycles. The van der Waals surface area contributed by atoms with Crippen molar-refractivity contribution in [2.45, 2.75) is 374 Å². The Morgan fingerprint density at radius 3 is 0.764 bits per heavy atom. The second kappa shape index (κ2) is 62.2. The normalized spacial score (nSPS) is 14.1. The van der Waals surface area contributed by atoms with E-state index in [1.54, 1.807) is 0 Å². The molecule has 0 rings (SSSR count). The molecule has 0 aliphatic heterocycles. The summed E-state index contributed by atoms with van der Waals surface area (Å²) in [6.07, 6.45) is 47.7. The van der Waals surface area contributed by atoms with Crippen LogP contribution in [0.3, 0.4) is 0 Å². The molecular weight excluding hydrogens is 1170 g/mol. The summed E-state index contributed by atoms with van der Waals surface area (Å²) < 4.78 is 68.0. The van der Waals surface area contributed by atoms with Gasteiger partial charge in [0.25, 0.3) is 0 Å². The number of rotatable bonds is 69. The third-order valence-electron chi connectivity index (χ3n) is 16.2. The number of esters is 4. The number of carbonyl (C=O) groups excluding carboxylic acids is 4. The second-order valence-electron chi connectivity index (χ2n) is 26.2. The monoisotopic (exact) mass is 1310 g/mol. The number of aliphatic hydroxyl groups excluding tert-OH is 1. The molecule has 0 radical (unpaired) electrons. The summed E-state index contributed by atoms with van der Waals surface area (Å²) in [7, 11) is -9.89. The van der Waals surface area contributed by atoms with E-state index in [-0.39, 0.29) is 25.7 Å². The number of ether oxygens (including phenoxy) is 4. The first-order valence-electron chi connectivity index (χ1n) is 36.5. The molecule has 0 aromatic heterocycles. The first-order valence-corrected chi connectivity index (χ1v) is 39.5. The molecule has 19 heteroatoms. The molecule has 0 aromatic rings. The van der Waals surface area contributed by atoms with Crippen LogP contribution in [-0.4, -0.2) is 96.7 Å². The summed E-state index contributed by atoms with van der Waals surface area (Å²) in [5, 5.41) is 10.5. The van der Waals surface area contributed by atoms with E-state index >= 15 is 0 Å². The Hall–Kier alpha value is -1.94. The van der Waals surface area contributed by atoms with Gasteiger partial charge in [0.15, 0.2) is 12.2 Å². The van der Waals surface area contributed by atoms with Gasteiger partial charge in [-0.1, -0.05) is 305 Å². The topological polar surface area (TPSA) is 237 Å². The van der Waals surface area contributed by atoms with Crippen molar-refractivity contribution in [1.29, 1.82) is 0 Å². The van der Waals surface area contributed by atoms with Crippen molar-refractivity contribution in [3.8, 4) is 0 Å². The molecule has 0 fully saturated rings. The van der Waals surface area contributed by atoms with Crippen LogP contribution in [0.2, 0.25) is 0 Å². The highest BCUT2D eigenvalue weighted by Crippen LogP contribution is 2.45. The van der Waals surface area contributed by atoms with Gasteiger partial charge in [-0.25, -0.2) is 9.13 Å². The van der Waals surface area contributed by atoms with Crippen LogP contribution < -0.4 is 0 Å². The average Bonchev–Trinajstić information content (AvgIpc) is 3.66. The predicted octanol–water partition coefficient (Wildman–Crippen LogP) is 20.0. The van der Waals surface area contributed by atoms with Gasteiger partial charge >= 0.3 is 39.5 Å². The summed E-state index contributed by atoms with van der Waals surface area (Å²) >= 11 is 0. The van der Waals surface area contributed by atoms with Crippen molar-refractivity contribution < 1.29 is 80.2 Å². The Morgan fingerprint density at radius 2 is 0.517 bits per heavy atom. The Morgan fingerprint density at radius 1 is 0.303 bits per heavy atom. The molecule has 3 N–H and O–H groups in total. The van der Waals surface area contributed by atoms with Gasteiger partial charge in [0, 0.05) is 25.7 Å². The third kappa shape index (κ3) is 64.6. The molecule has 5 atom stereocenters. The smallest absolute Gasteiger partial charge is 0.462 e. The Labute approximate surface area is 543 Å². The van der Waals surface area contributed by atoms with Gasteiger partial charge in [-0.3, -0.25) is 37.3 Å². The van der Waals surface area contributed by atoms with Gasteiger partial charge in [-0.2, -0.15) is 0 Å². The van der Waals surface area contributed by atoms with Crippen LogP contribution in [0.4, 0.5) is 0 Å². The fourth-order valence-electron chi connectivity index (χ4n) is 10.6. The Balaban J connectivity index is 5.15. The Bertz CT molecular complexity index is 1730. The van der Waals surface area contributed by atoms with Crippen molar-refractivity contribution in [2.24, 2.45) is 11.8 Å². The van der Waals surface area contributed by atoms with Gasteiger partial charge in [0.2, 0.25) is 0 Å². The highest BCUT2D eigenvalue weighted by Gasteiger charge is 2.30. The first kappa shape index (κ1) is 87.1. The molecule has 0 aromatic carbocycles. The van der Waals surface area contributed by atoms with Crippen molar-refractivity contribution in [3.05, 3.63) is 0 Å². The molecule has 528 valence electrons. The lowest BCUT2D eigenvalue weighted by atomic mass is 10.0. The van der Waals surface area contributed by atoms with E-state index in [1.807, 2.05) is 0 Å². The van der Waals surface area contributed by atoms with Gasteiger partial charge < -0.3 is 33.8 Å². The lowest BCUT2D eigenvalue weighted by molar-refractivity contribution is -0.161. The standard InChI is InChI=1S/C70H136O17P2/c1-7-9-11-13-14-15-16-17-18-19-20-24-27-30-35-41-47-53-68(73)81-59-66(87-69(74)54-48-42-36-31-28-25-22-21-23-26-29-33-39-44-50-62(3)4)61-85-89(78,79)83-57-64(71)56-82-88(76,77)84-60-65(58-80-67(72)52-46-38-12-10-8-2)86-70(75)55-49-43-37-32-34-40-45-51-63(5)6/h62-66,71H,7-61H2,1-6H3,(H,76,77)(H,78,79)/t64-,65+,66+/m0/s1. The van der Waals surface area contributed by atoms with Crippen molar-refractivity contribution in [3.63, 3.8) is 0 Å². The predicted molar refractivity (Wildman–Crippen MR) is 358 cm³/mol. The lowest BCUT2D eigenvalue weighted by Crippen LogP contribution is -2.30. The van der Waals surface area contributed by atoms with Crippen molar-refractivity contribution in [1.82, 2.24) is 0 Å². The van der Waals surface area contributed by atoms with E-state index in [0.29, 0.717) is 31.6 Å². The maximum atomic E-state index is 13.0. The fraction of sp³-hybridized carbons (Fsp3) is 0.943. The van der Waals surface area contributed by atoms with E-state index in [2.05, 4.69) is 41.5 Å². The van der Waals surface area contributed by atoms with Crippen molar-refractivity contribution >= 4 is 39.5 Å². The minimum Gasteiger partial charge on any atom is -0.462 e. The van der Waals surface area contributed by atoms with Crippen LogP contribution in [-0.2, 0) is 65.4 Å². The maximum Gasteiger partial charge on any atom is 0.472 e. The molecule has 0 bridgehead atoms. The SMILES string of the molecule is CCCCCCCCCCCCCCCCCCCC(=O)OC[C@H](COP(=O)(O)OC[C@@H](O)COP(=O)(O)OC[C@@H](COC(=O)CCCCCCC)OC(=O)CCCCCCCCCC(C)C)OC(=O)CCCCCCCCCCCCCCCCC(C)C. The fourth-order valence-corrected chi connectivity index (χ4v) is 12.2. The van der Waals surface area contributed by atoms with E-state index < -0.39 is 97.5 Å². The van der Waals surface area contributed by atoms with Crippen molar-refractivity contribution in [2.75, 3.05) is 39.6 Å². The largest absolute Gasteiger partial charge is 0.472 e. The molecular formula is C70H136O17P2. The first-order chi connectivity index (χ1) is 42.9. The van der Waals surface area contributed by atoms with Crippen LogP contribution in [0.25, 0.3) is 0 Å². The zero-order chi connectivity index (χ0) is 65.7. The van der Waals surface area contributed by atoms with Crippen LogP contribution >= 0.6 is 15.6 Å². The number of hydrogen-bond acceptors (Lipinski definition) is 15. The molecule has 0 spiro atoms. The van der Waals surface area contributed by atoms with E-state index in [0.717, 1.165) is 102 Å². The van der Waals surface area contributed by atoms with E-state index in [1.165, 1.54) is 167 Å². The summed E-state index contributed by atoms with van der Waals surface area (Å²) in [5.41, 5.74) is 0. The molecule has 0 heterocycles. The van der Waals surface area contributed by atoms with E-state index in [9.17, 15) is 43.2 Å². The number of hydrogen-bond donors (Lipinski definition) is 3. The van der Waals surface area contributed by atoms with Crippen LogP contribution in [0, 0.1) is 11.8 Å². The third-order valence-corrected chi connectivity index (χ3v) is 18.1. The molecule has 17 nitrogen and oxygen atoms in total. The highest BCUT2D eigenvalue weighted by molar-refractivity contribution is 7.47. The number of phosphoric ester groups is 2. The second-order valence-corrected chi connectivity index (χ2v) is 29.1. The van der Waals surface area contributed by atoms with Crippen LogP contribution in [0.15, 0.2) is 0 Å². The number of carbonyl (C=O) groups is 4. The quantitative estimate of drug-likeness (QED) is 0.0222. The average molecular weight is 1310 g/mol. The Kier molecular flexibility index (Phi) is 60.8. The summed E-state index contributed by atoms with van der Waals surface area (Å²) in [5.74, 6) is -0.646. The molecule has 0 aliphatic carbocycles. The van der Waals surface area contributed by atoms with Gasteiger partial charge in [-0.05, 0) is 37.5 Å². The van der Waals surface area contributed by atoms with Gasteiger partial charge in [0.1, 0.15) is 19.3 Å². The molecule has 89 heavy (non-hydrogen) atoms. The maximum absolute atomic E-state index is 13.0. The lowest BCUT2D eigenvalue weighted by Gasteiger charge is -2.21. The molecule has 0 saturated carbocycles. The molecule has 2 unspecified atom stereocenters. The summed E-state index contributed by atoms with van der Waals surface area (Å²) in [6, 6.07) is 0. The molecule has 0 amide bonds. The number of phosphoric acid groups is 2. The minimum atomic E-state index is -4.95. The molecule has 0 aliphatic rings. The van der Waals surface area contributed by atoms with Crippen LogP contribution in [0.1, 0.15) is 356 Å². The highest BCUT2D eigenvalue weighted by atomic mass is 31.2. The zero-order valence-corrected chi connectivity index (χ0v) is 59.5. The van der Waals surface area contributed by atoms with Gasteiger partial charge in [-0.15, -0.1) is 0 Å². The van der Waals surface area contributed by atoms with Crippen LogP contribution in [0.5, 0.6) is 0 Å². The van der Waals surface area contributed by atoms with Gasteiger partial charge in [0.05, 0.1) is 26.4 Å². The number of unbranched alkanes of at least 4 members (excludes halogenated alkanes) is 39. The summed E-state index contributed by atoms with van der Waals surface area (Å²) in [6.45, 7) is 9.42. The minimum absolute atomic E-state index is 0.103. The number of aliphatic hydroxyl groups is 1.